The van der Waals surface area contributed by atoms with Crippen LogP contribution >= 0.6 is 0 Å². The molecular formula is C31H51NO3. The Morgan fingerprint density at radius 1 is 1.03 bits per heavy atom. The largest absolute Gasteiger partial charge is 0.381 e. The van der Waals surface area contributed by atoms with Crippen LogP contribution in [0.25, 0.3) is 0 Å². The molecule has 1 fully saturated rings. The fourth-order valence-corrected chi connectivity index (χ4v) is 4.43. The molecule has 0 aromatic heterocycles. The summed E-state index contributed by atoms with van der Waals surface area (Å²) in [6, 6.07) is 0. The van der Waals surface area contributed by atoms with Crippen LogP contribution in [0.1, 0.15) is 105 Å². The summed E-state index contributed by atoms with van der Waals surface area (Å²) in [5.74, 6) is -0.805. The molecule has 0 aromatic carbocycles. The van der Waals surface area contributed by atoms with Crippen molar-refractivity contribution >= 4 is 11.7 Å². The minimum atomic E-state index is -1.59. The normalized spacial score (nSPS) is 18.6. The van der Waals surface area contributed by atoms with Gasteiger partial charge in [0, 0.05) is 13.1 Å². The molecule has 1 aliphatic rings. The molecule has 198 valence electrons. The summed E-state index contributed by atoms with van der Waals surface area (Å²) in [7, 11) is 0. The van der Waals surface area contributed by atoms with Gasteiger partial charge in [-0.05, 0) is 83.5 Å². The number of piperidine rings is 1. The van der Waals surface area contributed by atoms with E-state index in [1.165, 1.54) is 18.1 Å². The third-order valence-electron chi connectivity index (χ3n) is 7.62. The van der Waals surface area contributed by atoms with Gasteiger partial charge in [0.1, 0.15) is 5.60 Å². The molecule has 0 spiro atoms. The quantitative estimate of drug-likeness (QED) is 0.108. The van der Waals surface area contributed by atoms with Crippen molar-refractivity contribution in [1.82, 2.24) is 4.90 Å². The van der Waals surface area contributed by atoms with Crippen molar-refractivity contribution in [2.45, 2.75) is 111 Å². The van der Waals surface area contributed by atoms with E-state index in [2.05, 4.69) is 57.7 Å². The van der Waals surface area contributed by atoms with Crippen molar-refractivity contribution in [3.8, 4) is 0 Å². The van der Waals surface area contributed by atoms with Gasteiger partial charge >= 0.3 is 0 Å². The third-order valence-corrected chi connectivity index (χ3v) is 7.62. The fraction of sp³-hybridized carbons (Fsp3) is 0.677. The number of unbranched alkanes of at least 4 members (excludes halogenated alkanes) is 2. The molecule has 0 aromatic rings. The van der Waals surface area contributed by atoms with E-state index < -0.39 is 17.3 Å². The highest BCUT2D eigenvalue weighted by Gasteiger charge is 2.41. The number of Topliss-reactive ketones (excluding diaryl/α,β-unsaturated/α-hetero) is 1. The Labute approximate surface area is 215 Å². The van der Waals surface area contributed by atoms with Gasteiger partial charge in [-0.1, -0.05) is 81.7 Å². The highest BCUT2D eigenvalue weighted by molar-refractivity contribution is 6.39. The van der Waals surface area contributed by atoms with Crippen LogP contribution in [0.5, 0.6) is 0 Å². The van der Waals surface area contributed by atoms with Crippen LogP contribution in [0.3, 0.4) is 0 Å². The predicted molar refractivity (Wildman–Crippen MR) is 148 cm³/mol. The summed E-state index contributed by atoms with van der Waals surface area (Å²) in [6.45, 7) is 15.3. The van der Waals surface area contributed by atoms with E-state index >= 15 is 0 Å². The van der Waals surface area contributed by atoms with Crippen LogP contribution in [0.4, 0.5) is 0 Å². The van der Waals surface area contributed by atoms with Crippen LogP contribution in [0.2, 0.25) is 0 Å². The zero-order chi connectivity index (χ0) is 26.3. The molecule has 0 bridgehead atoms. The Morgan fingerprint density at radius 2 is 1.71 bits per heavy atom. The number of carbonyl (C=O) groups excluding carboxylic acids is 2. The number of allylic oxidation sites excluding steroid dienone is 7. The average molecular weight is 486 g/mol. The zero-order valence-corrected chi connectivity index (χ0v) is 23.2. The Kier molecular flexibility index (Phi) is 14.8. The molecule has 1 rings (SSSR count). The van der Waals surface area contributed by atoms with Crippen molar-refractivity contribution in [2.24, 2.45) is 11.8 Å². The molecule has 35 heavy (non-hydrogen) atoms. The van der Waals surface area contributed by atoms with Crippen LogP contribution in [0.15, 0.2) is 48.1 Å². The van der Waals surface area contributed by atoms with Gasteiger partial charge in [-0.3, -0.25) is 9.59 Å². The number of aliphatic hydroxyl groups is 1. The van der Waals surface area contributed by atoms with Crippen molar-refractivity contribution < 1.29 is 14.7 Å². The molecule has 0 radical (unpaired) electrons. The zero-order valence-electron chi connectivity index (χ0n) is 23.2. The van der Waals surface area contributed by atoms with Gasteiger partial charge in [0.2, 0.25) is 0 Å². The molecule has 3 atom stereocenters. The molecule has 1 saturated heterocycles. The maximum absolute atomic E-state index is 12.7. The number of carbonyl (C=O) groups is 2. The molecule has 1 N–H and O–H groups in total. The van der Waals surface area contributed by atoms with Gasteiger partial charge in [0.15, 0.2) is 0 Å². The lowest BCUT2D eigenvalue weighted by atomic mass is 9.82. The number of ketones is 1. The summed E-state index contributed by atoms with van der Waals surface area (Å²) in [5, 5.41) is 10.8. The number of likely N-dealkylation sites (tertiary alicyclic amines) is 1. The molecular weight excluding hydrogens is 434 g/mol. The van der Waals surface area contributed by atoms with Crippen LogP contribution in [-0.2, 0) is 9.59 Å². The monoisotopic (exact) mass is 485 g/mol. The molecule has 0 aliphatic carbocycles. The second kappa shape index (κ2) is 16.7. The Bertz CT molecular complexity index is 753. The Morgan fingerprint density at radius 3 is 2.37 bits per heavy atom. The van der Waals surface area contributed by atoms with Crippen LogP contribution in [0, 0.1) is 11.8 Å². The molecule has 0 saturated carbocycles. The first-order valence-corrected chi connectivity index (χ1v) is 13.8. The summed E-state index contributed by atoms with van der Waals surface area (Å²) in [5.41, 5.74) is 1.10. The minimum Gasteiger partial charge on any atom is -0.381 e. The van der Waals surface area contributed by atoms with E-state index in [9.17, 15) is 14.7 Å². The van der Waals surface area contributed by atoms with Crippen LogP contribution < -0.4 is 0 Å². The highest BCUT2D eigenvalue weighted by Crippen LogP contribution is 2.26. The first-order valence-electron chi connectivity index (χ1n) is 13.8. The lowest BCUT2D eigenvalue weighted by Crippen LogP contribution is -2.52. The maximum Gasteiger partial charge on any atom is 0.293 e. The number of hydrogen-bond donors (Lipinski definition) is 1. The topological polar surface area (TPSA) is 57.6 Å². The van der Waals surface area contributed by atoms with E-state index in [-0.39, 0.29) is 5.92 Å². The van der Waals surface area contributed by atoms with Crippen molar-refractivity contribution in [3.63, 3.8) is 0 Å². The first kappa shape index (κ1) is 31.1. The Hall–Kier alpha value is -1.94. The number of nitrogens with zero attached hydrogens (tertiary/aromatic N) is 1. The van der Waals surface area contributed by atoms with Crippen molar-refractivity contribution in [1.29, 1.82) is 0 Å². The van der Waals surface area contributed by atoms with Crippen molar-refractivity contribution in [3.05, 3.63) is 48.1 Å². The minimum absolute atomic E-state index is 0.238. The van der Waals surface area contributed by atoms with Crippen molar-refractivity contribution in [2.75, 3.05) is 13.1 Å². The average Bonchev–Trinajstić information content (AvgIpc) is 2.86. The van der Waals surface area contributed by atoms with Gasteiger partial charge in [0.25, 0.3) is 11.7 Å². The second-order valence-electron chi connectivity index (χ2n) is 10.6. The van der Waals surface area contributed by atoms with E-state index in [1.54, 1.807) is 4.90 Å². The summed E-state index contributed by atoms with van der Waals surface area (Å²) in [4.78, 5) is 26.8. The Balaban J connectivity index is 2.27. The van der Waals surface area contributed by atoms with Gasteiger partial charge in [-0.25, -0.2) is 0 Å². The molecule has 1 aliphatic heterocycles. The summed E-state index contributed by atoms with van der Waals surface area (Å²) < 4.78 is 0. The number of hydrogen-bond acceptors (Lipinski definition) is 3. The molecule has 1 amide bonds. The number of rotatable bonds is 16. The molecule has 4 heteroatoms. The van der Waals surface area contributed by atoms with E-state index in [0.29, 0.717) is 19.0 Å². The van der Waals surface area contributed by atoms with Gasteiger partial charge in [-0.2, -0.15) is 0 Å². The third kappa shape index (κ3) is 11.6. The second-order valence-corrected chi connectivity index (χ2v) is 10.6. The fourth-order valence-electron chi connectivity index (χ4n) is 4.43. The molecule has 1 heterocycles. The maximum atomic E-state index is 12.7. The standard InChI is InChI=1S/C31H51NO3/c1-7-26(3)27(4)21-15-10-8-9-13-19-25(2)20-14-11-16-22-28(5)31(6,35)29(33)30(34)32-23-17-12-18-24-32/h8-10,13,19,27-28,35H,3,7,11-12,14-18,20-24H2,1-2,4-6H3/b10-8+,13-9+,25-19+/t27-,28-,31-/m1/s1. The SMILES string of the molecule is C=C(CC)[C@H](C)CC/C=C/C=C/C=C(\C)CCCCC[C@@H](C)[C@@](C)(O)C(=O)C(=O)N1CCCCC1. The first-order chi connectivity index (χ1) is 16.6. The predicted octanol–water partition coefficient (Wildman–Crippen LogP) is 7.35. The molecule has 4 nitrogen and oxygen atoms in total. The number of amides is 1. The van der Waals surface area contributed by atoms with Gasteiger partial charge in [0.05, 0.1) is 0 Å². The lowest BCUT2D eigenvalue weighted by molar-refractivity contribution is -0.157. The van der Waals surface area contributed by atoms with Crippen LogP contribution in [-0.4, -0.2) is 40.4 Å². The van der Waals surface area contributed by atoms with Gasteiger partial charge < -0.3 is 10.0 Å². The lowest BCUT2D eigenvalue weighted by Gasteiger charge is -2.32. The summed E-state index contributed by atoms with van der Waals surface area (Å²) >= 11 is 0. The van der Waals surface area contributed by atoms with E-state index in [4.69, 9.17) is 0 Å². The van der Waals surface area contributed by atoms with E-state index in [0.717, 1.165) is 70.6 Å². The smallest absolute Gasteiger partial charge is 0.293 e. The highest BCUT2D eigenvalue weighted by atomic mass is 16.3. The van der Waals surface area contributed by atoms with E-state index in [1.807, 2.05) is 6.92 Å². The molecule has 0 unspecified atom stereocenters. The van der Waals surface area contributed by atoms with Gasteiger partial charge in [-0.15, -0.1) is 0 Å². The summed E-state index contributed by atoms with van der Waals surface area (Å²) in [6.07, 6.45) is 21.8.